The largest absolute Gasteiger partial charge is 0.398 e. The lowest BCUT2D eigenvalue weighted by atomic mass is 10.1. The molecule has 4 nitrogen and oxygen atoms in total. The Hall–Kier alpha value is -0.370. The molecule has 1 atom stereocenters. The number of thioether (sulfide) groups is 2. The van der Waals surface area contributed by atoms with Gasteiger partial charge in [0.25, 0.3) is 0 Å². The minimum Gasteiger partial charge on any atom is -0.398 e. The quantitative estimate of drug-likeness (QED) is 0.590. The van der Waals surface area contributed by atoms with E-state index in [1.165, 1.54) is 11.8 Å². The summed E-state index contributed by atoms with van der Waals surface area (Å²) < 4.78 is 26.5. The monoisotopic (exact) mass is 332 g/mol. The second-order valence-electron chi connectivity index (χ2n) is 4.78. The van der Waals surface area contributed by atoms with Gasteiger partial charge in [-0.15, -0.1) is 11.8 Å². The molecule has 0 aliphatic carbocycles. The molecule has 2 rings (SSSR count). The molecule has 1 aliphatic rings. The van der Waals surface area contributed by atoms with Crippen molar-refractivity contribution in [2.45, 2.75) is 11.3 Å². The number of rotatable bonds is 7. The molecule has 3 N–H and O–H groups in total. The summed E-state index contributed by atoms with van der Waals surface area (Å²) in [6.45, 7) is 0.577. The van der Waals surface area contributed by atoms with Crippen molar-refractivity contribution in [3.05, 3.63) is 24.3 Å². The molecule has 1 aliphatic heterocycles. The standard InChI is InChI=1S/C13H20N2O2S3/c14-12-3-1-2-4-13(12)19-7-8-20(16,17)15-9-11-5-6-18-10-11/h1-4,11,15H,5-10,14H2. The van der Waals surface area contributed by atoms with Crippen molar-refractivity contribution in [3.63, 3.8) is 0 Å². The molecular weight excluding hydrogens is 312 g/mol. The van der Waals surface area contributed by atoms with Gasteiger partial charge in [0.05, 0.1) is 5.75 Å². The van der Waals surface area contributed by atoms with E-state index in [1.54, 1.807) is 0 Å². The van der Waals surface area contributed by atoms with E-state index in [2.05, 4.69) is 4.72 Å². The number of hydrogen-bond acceptors (Lipinski definition) is 5. The number of nitrogen functional groups attached to an aromatic ring is 1. The third kappa shape index (κ3) is 5.20. The van der Waals surface area contributed by atoms with E-state index in [1.807, 2.05) is 36.0 Å². The third-order valence-corrected chi connectivity index (χ3v) is 7.07. The van der Waals surface area contributed by atoms with Crippen molar-refractivity contribution in [2.75, 3.05) is 35.3 Å². The Morgan fingerprint density at radius 1 is 1.40 bits per heavy atom. The molecule has 7 heteroatoms. The molecule has 1 fully saturated rings. The topological polar surface area (TPSA) is 72.2 Å². The lowest BCUT2D eigenvalue weighted by Crippen LogP contribution is -2.32. The average Bonchev–Trinajstić information content (AvgIpc) is 2.92. The van der Waals surface area contributed by atoms with Gasteiger partial charge in [0, 0.05) is 22.9 Å². The Labute approximate surface area is 129 Å². The minimum atomic E-state index is -3.17. The first-order valence-electron chi connectivity index (χ1n) is 6.59. The van der Waals surface area contributed by atoms with E-state index in [4.69, 9.17) is 5.73 Å². The Morgan fingerprint density at radius 2 is 2.20 bits per heavy atom. The Morgan fingerprint density at radius 3 is 2.90 bits per heavy atom. The first-order valence-corrected chi connectivity index (χ1v) is 10.4. The number of nitrogens with two attached hydrogens (primary N) is 1. The SMILES string of the molecule is Nc1ccccc1SCCS(=O)(=O)NCC1CCSC1. The van der Waals surface area contributed by atoms with Crippen LogP contribution in [-0.4, -0.2) is 38.0 Å². The summed E-state index contributed by atoms with van der Waals surface area (Å²) in [5.74, 6) is 3.36. The summed E-state index contributed by atoms with van der Waals surface area (Å²) in [6.07, 6.45) is 1.11. The third-order valence-electron chi connectivity index (χ3n) is 3.14. The van der Waals surface area contributed by atoms with E-state index < -0.39 is 10.0 Å². The van der Waals surface area contributed by atoms with Crippen LogP contribution < -0.4 is 10.5 Å². The van der Waals surface area contributed by atoms with Gasteiger partial charge in [-0.05, 0) is 36.0 Å². The fourth-order valence-corrected chi connectivity index (χ4v) is 5.69. The van der Waals surface area contributed by atoms with Gasteiger partial charge in [-0.25, -0.2) is 13.1 Å². The van der Waals surface area contributed by atoms with Crippen molar-refractivity contribution in [3.8, 4) is 0 Å². The maximum atomic E-state index is 11.9. The summed E-state index contributed by atoms with van der Waals surface area (Å²) in [5.41, 5.74) is 6.52. The highest BCUT2D eigenvalue weighted by Crippen LogP contribution is 2.25. The van der Waals surface area contributed by atoms with Gasteiger partial charge in [0.1, 0.15) is 0 Å². The van der Waals surface area contributed by atoms with Crippen LogP contribution in [0.3, 0.4) is 0 Å². The summed E-state index contributed by atoms with van der Waals surface area (Å²) in [4.78, 5) is 0.940. The van der Waals surface area contributed by atoms with E-state index >= 15 is 0 Å². The molecular formula is C13H20N2O2S3. The second kappa shape index (κ2) is 7.59. The molecule has 112 valence electrons. The smallest absolute Gasteiger partial charge is 0.212 e. The number of hydrogen-bond donors (Lipinski definition) is 2. The van der Waals surface area contributed by atoms with Crippen molar-refractivity contribution >= 4 is 39.2 Å². The maximum absolute atomic E-state index is 11.9. The maximum Gasteiger partial charge on any atom is 0.212 e. The first-order chi connectivity index (χ1) is 9.57. The van der Waals surface area contributed by atoms with Crippen LogP contribution in [0, 0.1) is 5.92 Å². The Balaban J connectivity index is 1.73. The summed E-state index contributed by atoms with van der Waals surface area (Å²) in [7, 11) is -3.17. The molecule has 0 saturated carbocycles. The van der Waals surface area contributed by atoms with Gasteiger partial charge < -0.3 is 5.73 Å². The zero-order valence-corrected chi connectivity index (χ0v) is 13.7. The van der Waals surface area contributed by atoms with Crippen molar-refractivity contribution in [2.24, 2.45) is 5.92 Å². The highest BCUT2D eigenvalue weighted by Gasteiger charge is 2.18. The van der Waals surface area contributed by atoms with Crippen LogP contribution in [0.15, 0.2) is 29.2 Å². The van der Waals surface area contributed by atoms with Crippen LogP contribution in [0.1, 0.15) is 6.42 Å². The van der Waals surface area contributed by atoms with Crippen molar-refractivity contribution in [1.29, 1.82) is 0 Å². The number of benzene rings is 1. The zero-order chi connectivity index (χ0) is 14.4. The van der Waals surface area contributed by atoms with Crippen LogP contribution in [0.25, 0.3) is 0 Å². The number of anilines is 1. The van der Waals surface area contributed by atoms with Crippen LogP contribution >= 0.6 is 23.5 Å². The lowest BCUT2D eigenvalue weighted by molar-refractivity contribution is 0.547. The van der Waals surface area contributed by atoms with Crippen molar-refractivity contribution < 1.29 is 8.42 Å². The van der Waals surface area contributed by atoms with Gasteiger partial charge in [0.2, 0.25) is 10.0 Å². The highest BCUT2D eigenvalue weighted by atomic mass is 32.2. The molecule has 0 radical (unpaired) electrons. The first kappa shape index (κ1) is 16.0. The van der Waals surface area contributed by atoms with Gasteiger partial charge in [-0.2, -0.15) is 11.8 Å². The minimum absolute atomic E-state index is 0.131. The molecule has 0 amide bonds. The predicted molar refractivity (Wildman–Crippen MR) is 88.8 cm³/mol. The normalized spacial score (nSPS) is 19.3. The molecule has 0 bridgehead atoms. The number of para-hydroxylation sites is 1. The Kier molecular flexibility index (Phi) is 6.07. The van der Waals surface area contributed by atoms with Crippen LogP contribution in [-0.2, 0) is 10.0 Å². The zero-order valence-electron chi connectivity index (χ0n) is 11.2. The second-order valence-corrected chi connectivity index (χ2v) is 9.00. The summed E-state index contributed by atoms with van der Waals surface area (Å²) in [6, 6.07) is 7.52. The van der Waals surface area contributed by atoms with Gasteiger partial charge in [-0.1, -0.05) is 12.1 Å². The van der Waals surface area contributed by atoms with E-state index in [-0.39, 0.29) is 5.75 Å². The predicted octanol–water partition coefficient (Wildman–Crippen LogP) is 2.03. The molecule has 1 unspecified atom stereocenters. The van der Waals surface area contributed by atoms with Crippen LogP contribution in [0.4, 0.5) is 5.69 Å². The fraction of sp³-hybridized carbons (Fsp3) is 0.538. The van der Waals surface area contributed by atoms with Crippen LogP contribution in [0.2, 0.25) is 0 Å². The number of sulfonamides is 1. The lowest BCUT2D eigenvalue weighted by Gasteiger charge is -2.11. The molecule has 1 heterocycles. The highest BCUT2D eigenvalue weighted by molar-refractivity contribution is 8.00. The van der Waals surface area contributed by atoms with E-state index in [0.29, 0.717) is 23.9 Å². The molecule has 1 aromatic carbocycles. The van der Waals surface area contributed by atoms with Gasteiger partial charge in [-0.3, -0.25) is 0 Å². The van der Waals surface area contributed by atoms with E-state index in [9.17, 15) is 8.42 Å². The van der Waals surface area contributed by atoms with Crippen LogP contribution in [0.5, 0.6) is 0 Å². The number of nitrogens with one attached hydrogen (secondary N) is 1. The van der Waals surface area contributed by atoms with Crippen molar-refractivity contribution in [1.82, 2.24) is 4.72 Å². The molecule has 1 saturated heterocycles. The fourth-order valence-electron chi connectivity index (χ4n) is 1.93. The summed E-state index contributed by atoms with van der Waals surface area (Å²) in [5, 5.41) is 0. The average molecular weight is 333 g/mol. The molecule has 20 heavy (non-hydrogen) atoms. The summed E-state index contributed by atoms with van der Waals surface area (Å²) >= 11 is 3.38. The molecule has 0 aromatic heterocycles. The van der Waals surface area contributed by atoms with Gasteiger partial charge >= 0.3 is 0 Å². The van der Waals surface area contributed by atoms with Gasteiger partial charge in [0.15, 0.2) is 0 Å². The molecule has 0 spiro atoms. The van der Waals surface area contributed by atoms with E-state index in [0.717, 1.165) is 22.8 Å². The molecule has 1 aromatic rings. The Bertz CT molecular complexity index is 528.